The standard InChI is InChI=1S/C19H36O2/c1-8-11-18(6)20-16-13-15(3)14(2)10-9-12-17(4,5)19(16,7)21-18/h14-16H,8-13H2,1-7H3/t14-,15?,16+,18-,19+/m1/s1. The minimum absolute atomic E-state index is 0.160. The largest absolute Gasteiger partial charge is 0.344 e. The smallest absolute Gasteiger partial charge is 0.166 e. The third-order valence-corrected chi connectivity index (χ3v) is 6.50. The van der Waals surface area contributed by atoms with Crippen LogP contribution >= 0.6 is 0 Å². The Morgan fingerprint density at radius 1 is 1.05 bits per heavy atom. The van der Waals surface area contributed by atoms with Crippen LogP contribution in [0.15, 0.2) is 0 Å². The van der Waals surface area contributed by atoms with Gasteiger partial charge in [0.2, 0.25) is 0 Å². The molecule has 0 aromatic rings. The van der Waals surface area contributed by atoms with Crippen LogP contribution in [0.1, 0.15) is 87.0 Å². The summed E-state index contributed by atoms with van der Waals surface area (Å²) in [6.45, 7) is 16.2. The van der Waals surface area contributed by atoms with Crippen LogP contribution in [0.4, 0.5) is 0 Å². The van der Waals surface area contributed by atoms with Crippen LogP contribution in [0, 0.1) is 17.3 Å². The Balaban J connectivity index is 2.32. The highest BCUT2D eigenvalue weighted by molar-refractivity contribution is 5.04. The van der Waals surface area contributed by atoms with E-state index in [0.29, 0.717) is 5.92 Å². The van der Waals surface area contributed by atoms with Gasteiger partial charge in [-0.3, -0.25) is 0 Å². The van der Waals surface area contributed by atoms with Crippen molar-refractivity contribution in [3.63, 3.8) is 0 Å². The Bertz CT molecular complexity index is 365. The van der Waals surface area contributed by atoms with Gasteiger partial charge >= 0.3 is 0 Å². The second-order valence-corrected chi connectivity index (χ2v) is 8.67. The second kappa shape index (κ2) is 5.85. The van der Waals surface area contributed by atoms with Crippen molar-refractivity contribution in [3.05, 3.63) is 0 Å². The second-order valence-electron chi connectivity index (χ2n) is 8.67. The number of hydrogen-bond donors (Lipinski definition) is 0. The van der Waals surface area contributed by atoms with E-state index in [9.17, 15) is 0 Å². The molecule has 0 spiro atoms. The fourth-order valence-corrected chi connectivity index (χ4v) is 4.33. The fourth-order valence-electron chi connectivity index (χ4n) is 4.33. The van der Waals surface area contributed by atoms with Crippen molar-refractivity contribution in [2.24, 2.45) is 17.3 Å². The lowest BCUT2D eigenvalue weighted by molar-refractivity contribution is -0.198. The molecule has 1 unspecified atom stereocenters. The van der Waals surface area contributed by atoms with Gasteiger partial charge in [-0.25, -0.2) is 0 Å². The summed E-state index contributed by atoms with van der Waals surface area (Å²) in [5, 5.41) is 0. The van der Waals surface area contributed by atoms with Crippen molar-refractivity contribution in [3.8, 4) is 0 Å². The fraction of sp³-hybridized carbons (Fsp3) is 1.00. The molecule has 2 nitrogen and oxygen atoms in total. The molecule has 0 aromatic carbocycles. The first kappa shape index (κ1) is 17.3. The lowest BCUT2D eigenvalue weighted by Gasteiger charge is -2.44. The van der Waals surface area contributed by atoms with E-state index >= 15 is 0 Å². The molecule has 1 saturated carbocycles. The Kier molecular flexibility index (Phi) is 4.81. The molecule has 1 aliphatic heterocycles. The monoisotopic (exact) mass is 296 g/mol. The van der Waals surface area contributed by atoms with E-state index in [2.05, 4.69) is 48.5 Å². The molecule has 1 aliphatic carbocycles. The van der Waals surface area contributed by atoms with Gasteiger partial charge in [0.05, 0.1) is 6.10 Å². The third-order valence-electron chi connectivity index (χ3n) is 6.50. The summed E-state index contributed by atoms with van der Waals surface area (Å²) in [5.41, 5.74) is -0.0117. The van der Waals surface area contributed by atoms with Crippen molar-refractivity contribution < 1.29 is 9.47 Å². The first-order valence-corrected chi connectivity index (χ1v) is 9.01. The van der Waals surface area contributed by atoms with Gasteiger partial charge in [-0.1, -0.05) is 53.9 Å². The topological polar surface area (TPSA) is 18.5 Å². The predicted octanol–water partition coefficient (Wildman–Crippen LogP) is 5.55. The minimum Gasteiger partial charge on any atom is -0.344 e. The number of ether oxygens (including phenoxy) is 2. The average Bonchev–Trinajstić information content (AvgIpc) is 2.62. The molecule has 0 aromatic heterocycles. The van der Waals surface area contributed by atoms with Gasteiger partial charge in [0.25, 0.3) is 0 Å². The van der Waals surface area contributed by atoms with Crippen LogP contribution in [0.25, 0.3) is 0 Å². The van der Waals surface area contributed by atoms with E-state index in [-0.39, 0.29) is 17.1 Å². The maximum atomic E-state index is 6.65. The molecule has 2 heteroatoms. The van der Waals surface area contributed by atoms with Crippen LogP contribution in [-0.4, -0.2) is 17.5 Å². The molecule has 0 radical (unpaired) electrons. The molecule has 0 bridgehead atoms. The lowest BCUT2D eigenvalue weighted by Crippen LogP contribution is -2.50. The van der Waals surface area contributed by atoms with Crippen LogP contribution in [0.2, 0.25) is 0 Å². The summed E-state index contributed by atoms with van der Waals surface area (Å²) in [6, 6.07) is 0. The molecule has 2 aliphatic rings. The summed E-state index contributed by atoms with van der Waals surface area (Å²) in [7, 11) is 0. The van der Waals surface area contributed by atoms with E-state index in [1.807, 2.05) is 0 Å². The van der Waals surface area contributed by atoms with Crippen LogP contribution in [0.3, 0.4) is 0 Å². The quantitative estimate of drug-likeness (QED) is 0.665. The number of fused-ring (bicyclic) bond motifs is 1. The Labute approximate surface area is 132 Å². The van der Waals surface area contributed by atoms with Crippen molar-refractivity contribution in [1.82, 2.24) is 0 Å². The third kappa shape index (κ3) is 3.17. The lowest BCUT2D eigenvalue weighted by atomic mass is 9.69. The van der Waals surface area contributed by atoms with E-state index in [1.54, 1.807) is 0 Å². The van der Waals surface area contributed by atoms with Crippen molar-refractivity contribution in [1.29, 1.82) is 0 Å². The first-order chi connectivity index (χ1) is 9.63. The molecule has 0 amide bonds. The van der Waals surface area contributed by atoms with Crippen molar-refractivity contribution in [2.45, 2.75) is 104 Å². The van der Waals surface area contributed by atoms with E-state index in [1.165, 1.54) is 19.3 Å². The molecular formula is C19H36O2. The molecule has 0 N–H and O–H groups in total. The molecule has 124 valence electrons. The maximum absolute atomic E-state index is 6.65. The Morgan fingerprint density at radius 2 is 1.71 bits per heavy atom. The summed E-state index contributed by atoms with van der Waals surface area (Å²) < 4.78 is 13.2. The Hall–Kier alpha value is -0.0800. The van der Waals surface area contributed by atoms with Crippen molar-refractivity contribution >= 4 is 0 Å². The highest BCUT2D eigenvalue weighted by Crippen LogP contribution is 2.53. The molecule has 5 atom stereocenters. The van der Waals surface area contributed by atoms with Gasteiger partial charge < -0.3 is 9.47 Å². The summed E-state index contributed by atoms with van der Waals surface area (Å²) in [5.74, 6) is 1.09. The normalized spacial score (nSPS) is 47.3. The minimum atomic E-state index is -0.395. The van der Waals surface area contributed by atoms with Gasteiger partial charge in [0.15, 0.2) is 5.79 Å². The van der Waals surface area contributed by atoms with Crippen LogP contribution < -0.4 is 0 Å². The average molecular weight is 296 g/mol. The van der Waals surface area contributed by atoms with Crippen molar-refractivity contribution in [2.75, 3.05) is 0 Å². The predicted molar refractivity (Wildman–Crippen MR) is 88.3 cm³/mol. The van der Waals surface area contributed by atoms with Crippen LogP contribution in [0.5, 0.6) is 0 Å². The van der Waals surface area contributed by atoms with Gasteiger partial charge in [0.1, 0.15) is 5.60 Å². The van der Waals surface area contributed by atoms with Gasteiger partial charge in [-0.15, -0.1) is 0 Å². The number of hydrogen-bond acceptors (Lipinski definition) is 2. The summed E-state index contributed by atoms with van der Waals surface area (Å²) >= 11 is 0. The molecule has 2 rings (SSSR count). The summed E-state index contributed by atoms with van der Waals surface area (Å²) in [4.78, 5) is 0. The highest BCUT2D eigenvalue weighted by Gasteiger charge is 2.58. The van der Waals surface area contributed by atoms with E-state index < -0.39 is 5.79 Å². The molecule has 1 heterocycles. The summed E-state index contributed by atoms with van der Waals surface area (Å²) in [6.07, 6.45) is 7.29. The van der Waals surface area contributed by atoms with Gasteiger partial charge in [0, 0.05) is 6.42 Å². The highest BCUT2D eigenvalue weighted by atomic mass is 16.8. The Morgan fingerprint density at radius 3 is 2.33 bits per heavy atom. The maximum Gasteiger partial charge on any atom is 0.166 e. The van der Waals surface area contributed by atoms with Crippen LogP contribution in [-0.2, 0) is 9.47 Å². The molecule has 1 saturated heterocycles. The zero-order valence-corrected chi connectivity index (χ0v) is 15.3. The molecular weight excluding hydrogens is 260 g/mol. The molecule has 21 heavy (non-hydrogen) atoms. The molecule has 2 fully saturated rings. The zero-order valence-electron chi connectivity index (χ0n) is 15.3. The first-order valence-electron chi connectivity index (χ1n) is 9.01. The van der Waals surface area contributed by atoms with E-state index in [0.717, 1.165) is 25.2 Å². The van der Waals surface area contributed by atoms with Gasteiger partial charge in [-0.05, 0) is 43.9 Å². The SMILES string of the molecule is CCC[C@]1(C)O[C@H]2CC(C)[C@H](C)CCCC(C)(C)[C@@]2(C)O1. The zero-order chi connectivity index (χ0) is 15.9. The van der Waals surface area contributed by atoms with E-state index in [4.69, 9.17) is 9.47 Å². The number of rotatable bonds is 2. The van der Waals surface area contributed by atoms with Gasteiger partial charge in [-0.2, -0.15) is 0 Å².